The number of fused-ring (bicyclic) bond motifs is 1. The number of benzene rings is 1. The number of ether oxygens (including phenoxy) is 1. The number of carboxylic acids is 1. The Labute approximate surface area is 87.1 Å². The van der Waals surface area contributed by atoms with Crippen LogP contribution in [0.5, 0.6) is 11.5 Å². The Morgan fingerprint density at radius 2 is 2.33 bits per heavy atom. The number of carboxylic acid groups (broad SMARTS) is 1. The summed E-state index contributed by atoms with van der Waals surface area (Å²) in [5, 5.41) is 17.9. The van der Waals surface area contributed by atoms with Crippen LogP contribution in [0, 0.1) is 5.92 Å². The van der Waals surface area contributed by atoms with Crippen molar-refractivity contribution in [2.45, 2.75) is 12.8 Å². The van der Waals surface area contributed by atoms with Crippen molar-refractivity contribution in [1.82, 2.24) is 0 Å². The van der Waals surface area contributed by atoms with Gasteiger partial charge in [-0.25, -0.2) is 0 Å². The van der Waals surface area contributed by atoms with Crippen LogP contribution in [-0.2, 0) is 11.2 Å². The summed E-state index contributed by atoms with van der Waals surface area (Å²) in [6.07, 6.45) is 0.755. The topological polar surface area (TPSA) is 66.8 Å². The molecule has 0 aliphatic carbocycles. The number of hydrogen-bond donors (Lipinski definition) is 2. The monoisotopic (exact) mass is 208 g/mol. The molecule has 0 spiro atoms. The van der Waals surface area contributed by atoms with Crippen molar-refractivity contribution >= 4 is 5.97 Å². The van der Waals surface area contributed by atoms with E-state index in [9.17, 15) is 9.90 Å². The number of carbonyl (C=O) groups is 1. The highest BCUT2D eigenvalue weighted by molar-refractivity contribution is 5.67. The molecule has 4 nitrogen and oxygen atoms in total. The molecule has 2 rings (SSSR count). The van der Waals surface area contributed by atoms with Gasteiger partial charge in [-0.2, -0.15) is 0 Å². The summed E-state index contributed by atoms with van der Waals surface area (Å²) in [4.78, 5) is 10.5. The second-order valence-electron chi connectivity index (χ2n) is 3.77. The lowest BCUT2D eigenvalue weighted by Gasteiger charge is -2.24. The van der Waals surface area contributed by atoms with Crippen LogP contribution in [-0.4, -0.2) is 22.8 Å². The highest BCUT2D eigenvalue weighted by Gasteiger charge is 2.22. The van der Waals surface area contributed by atoms with Gasteiger partial charge in [0.25, 0.3) is 0 Å². The van der Waals surface area contributed by atoms with Gasteiger partial charge in [-0.15, -0.1) is 0 Å². The van der Waals surface area contributed by atoms with Gasteiger partial charge in [0, 0.05) is 5.92 Å². The van der Waals surface area contributed by atoms with E-state index in [2.05, 4.69) is 0 Å². The second-order valence-corrected chi connectivity index (χ2v) is 3.77. The van der Waals surface area contributed by atoms with Gasteiger partial charge in [0.2, 0.25) is 0 Å². The molecule has 1 atom stereocenters. The molecular weight excluding hydrogens is 196 g/mol. The molecule has 0 saturated heterocycles. The molecule has 4 heteroatoms. The molecule has 1 aromatic carbocycles. The lowest BCUT2D eigenvalue weighted by molar-refractivity contribution is -0.138. The fourth-order valence-electron chi connectivity index (χ4n) is 1.82. The first-order valence-corrected chi connectivity index (χ1v) is 4.81. The number of phenolic OH excluding ortho intramolecular Hbond substituents is 1. The molecule has 0 bridgehead atoms. The highest BCUT2D eigenvalue weighted by atomic mass is 16.5. The van der Waals surface area contributed by atoms with Crippen molar-refractivity contribution in [2.75, 3.05) is 6.61 Å². The third kappa shape index (κ3) is 2.21. The van der Waals surface area contributed by atoms with E-state index < -0.39 is 5.97 Å². The summed E-state index contributed by atoms with van der Waals surface area (Å²) in [6, 6.07) is 4.90. The largest absolute Gasteiger partial charge is 0.508 e. The Morgan fingerprint density at radius 3 is 3.07 bits per heavy atom. The number of aliphatic carboxylic acids is 1. The minimum Gasteiger partial charge on any atom is -0.508 e. The quantitative estimate of drug-likeness (QED) is 0.771. The van der Waals surface area contributed by atoms with Gasteiger partial charge in [0.15, 0.2) is 0 Å². The van der Waals surface area contributed by atoms with Crippen molar-refractivity contribution in [3.05, 3.63) is 23.8 Å². The number of phenols is 1. The maximum absolute atomic E-state index is 10.5. The van der Waals surface area contributed by atoms with Gasteiger partial charge in [0.1, 0.15) is 11.5 Å². The molecular formula is C11H12O4. The Hall–Kier alpha value is -1.71. The summed E-state index contributed by atoms with van der Waals surface area (Å²) in [5.41, 5.74) is 0.882. The number of rotatable bonds is 2. The normalized spacial score (nSPS) is 19.1. The molecule has 1 aliphatic rings. The average molecular weight is 208 g/mol. The molecule has 1 unspecified atom stereocenters. The molecule has 0 amide bonds. The zero-order valence-corrected chi connectivity index (χ0v) is 8.14. The Kier molecular flexibility index (Phi) is 2.49. The van der Waals surface area contributed by atoms with Crippen LogP contribution in [0.25, 0.3) is 0 Å². The van der Waals surface area contributed by atoms with Crippen molar-refractivity contribution < 1.29 is 19.7 Å². The lowest BCUT2D eigenvalue weighted by Crippen LogP contribution is -2.23. The summed E-state index contributed by atoms with van der Waals surface area (Å²) >= 11 is 0. The first-order chi connectivity index (χ1) is 7.15. The van der Waals surface area contributed by atoms with E-state index >= 15 is 0 Å². The van der Waals surface area contributed by atoms with Gasteiger partial charge in [0.05, 0.1) is 13.0 Å². The van der Waals surface area contributed by atoms with Crippen LogP contribution in [0.2, 0.25) is 0 Å². The Morgan fingerprint density at radius 1 is 1.53 bits per heavy atom. The van der Waals surface area contributed by atoms with E-state index in [-0.39, 0.29) is 18.1 Å². The van der Waals surface area contributed by atoms with Gasteiger partial charge in [-0.3, -0.25) is 4.79 Å². The zero-order valence-electron chi connectivity index (χ0n) is 8.14. The number of hydrogen-bond acceptors (Lipinski definition) is 3. The van der Waals surface area contributed by atoms with E-state index in [1.54, 1.807) is 18.2 Å². The van der Waals surface area contributed by atoms with E-state index in [1.165, 1.54) is 0 Å². The predicted octanol–water partition coefficient (Wildman–Crippen LogP) is 1.42. The summed E-state index contributed by atoms with van der Waals surface area (Å²) in [6.45, 7) is 0.435. The number of aromatic hydroxyl groups is 1. The summed E-state index contributed by atoms with van der Waals surface area (Å²) < 4.78 is 5.42. The van der Waals surface area contributed by atoms with Crippen molar-refractivity contribution in [3.63, 3.8) is 0 Å². The van der Waals surface area contributed by atoms with Gasteiger partial charge in [-0.1, -0.05) is 0 Å². The van der Waals surface area contributed by atoms with Crippen LogP contribution >= 0.6 is 0 Å². The minimum absolute atomic E-state index is 0.00296. The van der Waals surface area contributed by atoms with E-state index in [1.807, 2.05) is 0 Å². The predicted molar refractivity (Wildman–Crippen MR) is 53.0 cm³/mol. The first-order valence-electron chi connectivity index (χ1n) is 4.81. The summed E-state index contributed by atoms with van der Waals surface area (Å²) in [5.74, 6) is 0.117. The SMILES string of the molecule is O=C(O)CC1COc2ccc(O)cc2C1. The Balaban J connectivity index is 2.14. The highest BCUT2D eigenvalue weighted by Crippen LogP contribution is 2.31. The fraction of sp³-hybridized carbons (Fsp3) is 0.364. The van der Waals surface area contributed by atoms with Crippen LogP contribution in [0.4, 0.5) is 0 Å². The second kappa shape index (κ2) is 3.81. The van der Waals surface area contributed by atoms with Crippen molar-refractivity contribution in [1.29, 1.82) is 0 Å². The molecule has 0 fully saturated rings. The van der Waals surface area contributed by atoms with Crippen molar-refractivity contribution in [3.8, 4) is 11.5 Å². The minimum atomic E-state index is -0.813. The van der Waals surface area contributed by atoms with Crippen LogP contribution in [0.15, 0.2) is 18.2 Å². The molecule has 1 aromatic rings. The van der Waals surface area contributed by atoms with Gasteiger partial charge >= 0.3 is 5.97 Å². The van der Waals surface area contributed by atoms with Gasteiger partial charge < -0.3 is 14.9 Å². The van der Waals surface area contributed by atoms with E-state index in [4.69, 9.17) is 9.84 Å². The average Bonchev–Trinajstić information content (AvgIpc) is 2.16. The zero-order chi connectivity index (χ0) is 10.8. The lowest BCUT2D eigenvalue weighted by atomic mass is 9.94. The molecule has 1 aliphatic heterocycles. The molecule has 2 N–H and O–H groups in total. The summed E-state index contributed by atoms with van der Waals surface area (Å²) in [7, 11) is 0. The van der Waals surface area contributed by atoms with Gasteiger partial charge in [-0.05, 0) is 30.2 Å². The molecule has 0 radical (unpaired) electrons. The van der Waals surface area contributed by atoms with Crippen molar-refractivity contribution in [2.24, 2.45) is 5.92 Å². The molecule has 1 heterocycles. The van der Waals surface area contributed by atoms with Crippen LogP contribution < -0.4 is 4.74 Å². The maximum Gasteiger partial charge on any atom is 0.303 e. The molecule has 80 valence electrons. The van der Waals surface area contributed by atoms with Crippen LogP contribution in [0.1, 0.15) is 12.0 Å². The third-order valence-electron chi connectivity index (χ3n) is 2.49. The fourth-order valence-corrected chi connectivity index (χ4v) is 1.82. The third-order valence-corrected chi connectivity index (χ3v) is 2.49. The Bertz CT molecular complexity index is 386. The van der Waals surface area contributed by atoms with E-state index in [0.717, 1.165) is 11.3 Å². The molecule has 0 aromatic heterocycles. The molecule has 0 saturated carbocycles. The maximum atomic E-state index is 10.5. The standard InChI is InChI=1S/C11H12O4/c12-9-1-2-10-8(5-9)3-7(6-15-10)4-11(13)14/h1-2,5,7,12H,3-4,6H2,(H,13,14). The molecule has 15 heavy (non-hydrogen) atoms. The van der Waals surface area contributed by atoms with Crippen LogP contribution in [0.3, 0.4) is 0 Å². The first kappa shape index (κ1) is 9.83. The smallest absolute Gasteiger partial charge is 0.303 e. The van der Waals surface area contributed by atoms with E-state index in [0.29, 0.717) is 13.0 Å².